The molecule has 0 aliphatic carbocycles. The smallest absolute Gasteiger partial charge is 0.240 e. The maximum atomic E-state index is 12.2. The zero-order valence-corrected chi connectivity index (χ0v) is 14.6. The lowest BCUT2D eigenvalue weighted by molar-refractivity contribution is -0.123. The summed E-state index contributed by atoms with van der Waals surface area (Å²) in [6, 6.07) is 14.7. The van der Waals surface area contributed by atoms with E-state index in [0.717, 1.165) is 5.56 Å². The first-order valence-electron chi connectivity index (χ1n) is 7.86. The van der Waals surface area contributed by atoms with Crippen LogP contribution in [0.25, 0.3) is 0 Å². The van der Waals surface area contributed by atoms with Crippen LogP contribution in [0.1, 0.15) is 12.5 Å². The topological polar surface area (TPSA) is 67.9 Å². The molecule has 0 saturated heterocycles. The van der Waals surface area contributed by atoms with E-state index in [2.05, 4.69) is 5.32 Å². The van der Waals surface area contributed by atoms with E-state index in [1.807, 2.05) is 30.3 Å². The summed E-state index contributed by atoms with van der Waals surface area (Å²) in [5.41, 5.74) is 1.57. The minimum absolute atomic E-state index is 0.0718. The van der Waals surface area contributed by atoms with Crippen molar-refractivity contribution in [3.05, 3.63) is 54.1 Å². The van der Waals surface area contributed by atoms with Gasteiger partial charge in [-0.05, 0) is 17.7 Å². The number of carbonyl (C=O) groups excluding carboxylic acids is 2. The maximum Gasteiger partial charge on any atom is 0.240 e. The highest BCUT2D eigenvalue weighted by molar-refractivity contribution is 5.97. The minimum Gasteiger partial charge on any atom is -0.493 e. The number of nitrogens with one attached hydrogen (secondary N) is 1. The largest absolute Gasteiger partial charge is 0.493 e. The van der Waals surface area contributed by atoms with Crippen molar-refractivity contribution < 1.29 is 19.1 Å². The summed E-state index contributed by atoms with van der Waals surface area (Å²) in [4.78, 5) is 25.6. The number of ether oxygens (including phenoxy) is 2. The third-order valence-electron chi connectivity index (χ3n) is 3.69. The number of rotatable bonds is 7. The predicted molar refractivity (Wildman–Crippen MR) is 95.9 cm³/mol. The SMILES string of the molecule is COc1ccc(N(CC(=O)NCc2ccccc2)C(C)=O)cc1OC. The van der Waals surface area contributed by atoms with Crippen LogP contribution in [-0.2, 0) is 16.1 Å². The normalized spacial score (nSPS) is 10.0. The first kappa shape index (κ1) is 18.3. The molecule has 0 atom stereocenters. The Bertz CT molecular complexity index is 731. The van der Waals surface area contributed by atoms with E-state index in [-0.39, 0.29) is 18.4 Å². The Morgan fingerprint density at radius 3 is 2.28 bits per heavy atom. The van der Waals surface area contributed by atoms with E-state index in [1.165, 1.54) is 26.0 Å². The summed E-state index contributed by atoms with van der Waals surface area (Å²) >= 11 is 0. The number of hydrogen-bond donors (Lipinski definition) is 1. The molecule has 25 heavy (non-hydrogen) atoms. The van der Waals surface area contributed by atoms with Crippen molar-refractivity contribution >= 4 is 17.5 Å². The number of anilines is 1. The van der Waals surface area contributed by atoms with Crippen molar-refractivity contribution in [2.24, 2.45) is 0 Å². The number of amides is 2. The standard InChI is InChI=1S/C19H22N2O4/c1-14(22)21(16-9-10-17(24-2)18(11-16)25-3)13-19(23)20-12-15-7-5-4-6-8-15/h4-11H,12-13H2,1-3H3,(H,20,23). The van der Waals surface area contributed by atoms with Gasteiger partial charge in [-0.15, -0.1) is 0 Å². The summed E-state index contributed by atoms with van der Waals surface area (Å²) in [7, 11) is 3.06. The molecule has 0 spiro atoms. The van der Waals surface area contributed by atoms with Crippen molar-refractivity contribution in [3.8, 4) is 11.5 Å². The van der Waals surface area contributed by atoms with Gasteiger partial charge in [-0.2, -0.15) is 0 Å². The molecule has 6 heteroatoms. The Labute approximate surface area is 147 Å². The van der Waals surface area contributed by atoms with E-state index in [9.17, 15) is 9.59 Å². The fraction of sp³-hybridized carbons (Fsp3) is 0.263. The second-order valence-corrected chi connectivity index (χ2v) is 5.41. The van der Waals surface area contributed by atoms with Gasteiger partial charge in [0.15, 0.2) is 11.5 Å². The molecule has 0 fully saturated rings. The molecule has 6 nitrogen and oxygen atoms in total. The molecule has 0 saturated carbocycles. The van der Waals surface area contributed by atoms with E-state index in [4.69, 9.17) is 9.47 Å². The maximum absolute atomic E-state index is 12.2. The van der Waals surface area contributed by atoms with Gasteiger partial charge in [0.2, 0.25) is 11.8 Å². The molecule has 1 N–H and O–H groups in total. The molecular formula is C19H22N2O4. The van der Waals surface area contributed by atoms with Gasteiger partial charge in [0.1, 0.15) is 6.54 Å². The fourth-order valence-corrected chi connectivity index (χ4v) is 2.37. The van der Waals surface area contributed by atoms with E-state index >= 15 is 0 Å². The summed E-state index contributed by atoms with van der Waals surface area (Å²) < 4.78 is 10.4. The Kier molecular flexibility index (Phi) is 6.39. The summed E-state index contributed by atoms with van der Waals surface area (Å²) in [5, 5.41) is 2.82. The molecule has 0 aromatic heterocycles. The number of benzene rings is 2. The molecule has 2 rings (SSSR count). The van der Waals surface area contributed by atoms with Crippen molar-refractivity contribution in [3.63, 3.8) is 0 Å². The van der Waals surface area contributed by atoms with Crippen LogP contribution in [0.4, 0.5) is 5.69 Å². The number of nitrogens with zero attached hydrogens (tertiary/aromatic N) is 1. The second kappa shape index (κ2) is 8.73. The van der Waals surface area contributed by atoms with Crippen molar-refractivity contribution in [2.75, 3.05) is 25.7 Å². The van der Waals surface area contributed by atoms with Gasteiger partial charge in [0.05, 0.1) is 14.2 Å². The van der Waals surface area contributed by atoms with Crippen LogP contribution in [0.3, 0.4) is 0 Å². The van der Waals surface area contributed by atoms with Gasteiger partial charge in [-0.3, -0.25) is 9.59 Å². The Morgan fingerprint density at radius 1 is 1.00 bits per heavy atom. The van der Waals surface area contributed by atoms with Gasteiger partial charge in [0.25, 0.3) is 0 Å². The van der Waals surface area contributed by atoms with Crippen molar-refractivity contribution in [1.29, 1.82) is 0 Å². The summed E-state index contributed by atoms with van der Waals surface area (Å²) in [6.45, 7) is 1.76. The lowest BCUT2D eigenvalue weighted by Crippen LogP contribution is -2.39. The molecule has 2 aromatic rings. The van der Waals surface area contributed by atoms with Crippen LogP contribution in [-0.4, -0.2) is 32.6 Å². The molecular weight excluding hydrogens is 320 g/mol. The van der Waals surface area contributed by atoms with Gasteiger partial charge >= 0.3 is 0 Å². The molecule has 2 aromatic carbocycles. The Balaban J connectivity index is 2.07. The average Bonchev–Trinajstić information content (AvgIpc) is 2.64. The summed E-state index contributed by atoms with van der Waals surface area (Å²) in [6.07, 6.45) is 0. The van der Waals surface area contributed by atoms with Gasteiger partial charge in [-0.1, -0.05) is 30.3 Å². The molecule has 0 heterocycles. The van der Waals surface area contributed by atoms with Crippen LogP contribution in [0.5, 0.6) is 11.5 Å². The third kappa shape index (κ3) is 4.97. The quantitative estimate of drug-likeness (QED) is 0.839. The van der Waals surface area contributed by atoms with Crippen molar-refractivity contribution in [1.82, 2.24) is 5.32 Å². The second-order valence-electron chi connectivity index (χ2n) is 5.41. The highest BCUT2D eigenvalue weighted by Gasteiger charge is 2.17. The monoisotopic (exact) mass is 342 g/mol. The molecule has 0 unspecified atom stereocenters. The molecule has 0 aliphatic rings. The molecule has 2 amide bonds. The van der Waals surface area contributed by atoms with Crippen molar-refractivity contribution in [2.45, 2.75) is 13.5 Å². The third-order valence-corrected chi connectivity index (χ3v) is 3.69. The van der Waals surface area contributed by atoms with Crippen LogP contribution in [0.15, 0.2) is 48.5 Å². The summed E-state index contributed by atoms with van der Waals surface area (Å²) in [5.74, 6) is 0.579. The molecule has 0 radical (unpaired) electrons. The lowest BCUT2D eigenvalue weighted by atomic mass is 10.2. The Hall–Kier alpha value is -3.02. The van der Waals surface area contributed by atoms with E-state index in [0.29, 0.717) is 23.7 Å². The number of carbonyl (C=O) groups is 2. The van der Waals surface area contributed by atoms with Crippen LogP contribution in [0.2, 0.25) is 0 Å². The fourth-order valence-electron chi connectivity index (χ4n) is 2.37. The van der Waals surface area contributed by atoms with Gasteiger partial charge in [0, 0.05) is 25.2 Å². The zero-order valence-electron chi connectivity index (χ0n) is 14.6. The highest BCUT2D eigenvalue weighted by atomic mass is 16.5. The number of methoxy groups -OCH3 is 2. The van der Waals surface area contributed by atoms with Gasteiger partial charge in [-0.25, -0.2) is 0 Å². The first-order valence-corrected chi connectivity index (χ1v) is 7.86. The highest BCUT2D eigenvalue weighted by Crippen LogP contribution is 2.31. The molecule has 132 valence electrons. The number of hydrogen-bond acceptors (Lipinski definition) is 4. The zero-order chi connectivity index (χ0) is 18.2. The lowest BCUT2D eigenvalue weighted by Gasteiger charge is -2.22. The van der Waals surface area contributed by atoms with E-state index in [1.54, 1.807) is 18.2 Å². The van der Waals surface area contributed by atoms with Crippen LogP contribution >= 0.6 is 0 Å². The molecule has 0 bridgehead atoms. The molecule has 0 aliphatic heterocycles. The Morgan fingerprint density at radius 2 is 1.68 bits per heavy atom. The van der Waals surface area contributed by atoms with Gasteiger partial charge < -0.3 is 19.7 Å². The predicted octanol–water partition coefficient (Wildman–Crippen LogP) is 2.37. The minimum atomic E-state index is -0.242. The van der Waals surface area contributed by atoms with Crippen LogP contribution < -0.4 is 19.7 Å². The van der Waals surface area contributed by atoms with Crippen LogP contribution in [0, 0.1) is 0 Å². The average molecular weight is 342 g/mol. The first-order chi connectivity index (χ1) is 12.0. The van der Waals surface area contributed by atoms with E-state index < -0.39 is 0 Å².